The molecule has 2 heteroatoms. The van der Waals surface area contributed by atoms with E-state index in [0.29, 0.717) is 5.92 Å². The van der Waals surface area contributed by atoms with E-state index < -0.39 is 0 Å². The van der Waals surface area contributed by atoms with Crippen molar-refractivity contribution in [3.8, 4) is 5.75 Å². The second-order valence-electron chi connectivity index (χ2n) is 3.36. The zero-order valence-corrected chi connectivity index (χ0v) is 7.49. The van der Waals surface area contributed by atoms with Gasteiger partial charge in [0.2, 0.25) is 0 Å². The Morgan fingerprint density at radius 3 is 2.50 bits per heavy atom. The van der Waals surface area contributed by atoms with Gasteiger partial charge in [-0.1, -0.05) is 26.0 Å². The van der Waals surface area contributed by atoms with Gasteiger partial charge in [0.05, 0.1) is 0 Å². The molecule has 0 amide bonds. The smallest absolute Gasteiger partial charge is 0.115 e. The molecule has 1 aromatic carbocycles. The number of phenols is 1. The van der Waals surface area contributed by atoms with Crippen LogP contribution in [0.15, 0.2) is 24.3 Å². The summed E-state index contributed by atoms with van der Waals surface area (Å²) in [4.78, 5) is 0. The van der Waals surface area contributed by atoms with Crippen molar-refractivity contribution in [3.63, 3.8) is 0 Å². The Bertz CT molecular complexity index is 258. The lowest BCUT2D eigenvalue weighted by Gasteiger charge is -2.15. The number of hydrogen-bond donors (Lipinski definition) is 2. The normalized spacial score (nSPS) is 13.3. The highest BCUT2D eigenvalue weighted by Gasteiger charge is 2.09. The largest absolute Gasteiger partial charge is 0.508 e. The minimum Gasteiger partial charge on any atom is -0.508 e. The molecule has 66 valence electrons. The average Bonchev–Trinajstić information content (AvgIpc) is 2.03. The van der Waals surface area contributed by atoms with E-state index in [2.05, 4.69) is 13.8 Å². The van der Waals surface area contributed by atoms with E-state index in [1.54, 1.807) is 12.1 Å². The fraction of sp³-hybridized carbons (Fsp3) is 0.400. The minimum atomic E-state index is 0.0112. The van der Waals surface area contributed by atoms with Crippen LogP contribution in [0.3, 0.4) is 0 Å². The number of hydrogen-bond acceptors (Lipinski definition) is 2. The number of nitrogens with two attached hydrogens (primary N) is 1. The maximum Gasteiger partial charge on any atom is 0.115 e. The quantitative estimate of drug-likeness (QED) is 0.704. The van der Waals surface area contributed by atoms with Crippen molar-refractivity contribution in [1.82, 2.24) is 0 Å². The Morgan fingerprint density at radius 1 is 1.33 bits per heavy atom. The Balaban J connectivity index is 2.88. The molecule has 0 radical (unpaired) electrons. The fourth-order valence-electron chi connectivity index (χ4n) is 1.12. The summed E-state index contributed by atoms with van der Waals surface area (Å²) in [6, 6.07) is 7.12. The number of aromatic hydroxyl groups is 1. The zero-order chi connectivity index (χ0) is 9.14. The standard InChI is InChI=1S/C10H15NO/c1-7(2)10(11)8-4-3-5-9(12)6-8/h3-7,10,12H,11H2,1-2H3/t10-/m1/s1. The van der Waals surface area contributed by atoms with Gasteiger partial charge in [-0.15, -0.1) is 0 Å². The van der Waals surface area contributed by atoms with Crippen LogP contribution in [-0.4, -0.2) is 5.11 Å². The van der Waals surface area contributed by atoms with E-state index in [4.69, 9.17) is 5.73 Å². The van der Waals surface area contributed by atoms with Crippen molar-refractivity contribution in [2.24, 2.45) is 11.7 Å². The first-order valence-electron chi connectivity index (χ1n) is 4.16. The molecule has 0 aliphatic rings. The first-order chi connectivity index (χ1) is 5.61. The number of rotatable bonds is 2. The molecule has 3 N–H and O–H groups in total. The second-order valence-corrected chi connectivity index (χ2v) is 3.36. The third kappa shape index (κ3) is 1.98. The van der Waals surface area contributed by atoms with Crippen molar-refractivity contribution in [2.75, 3.05) is 0 Å². The predicted octanol–water partition coefficient (Wildman–Crippen LogP) is 2.05. The molecule has 0 spiro atoms. The van der Waals surface area contributed by atoms with Crippen LogP contribution in [0.4, 0.5) is 0 Å². The van der Waals surface area contributed by atoms with Crippen LogP contribution < -0.4 is 5.73 Å². The van der Waals surface area contributed by atoms with Gasteiger partial charge in [-0.2, -0.15) is 0 Å². The lowest BCUT2D eigenvalue weighted by atomic mass is 9.97. The Hall–Kier alpha value is -1.02. The van der Waals surface area contributed by atoms with Gasteiger partial charge in [0.1, 0.15) is 5.75 Å². The second kappa shape index (κ2) is 3.59. The molecule has 0 aromatic heterocycles. The molecule has 0 saturated heterocycles. The molecule has 12 heavy (non-hydrogen) atoms. The summed E-state index contributed by atoms with van der Waals surface area (Å²) >= 11 is 0. The highest BCUT2D eigenvalue weighted by Crippen LogP contribution is 2.21. The molecular weight excluding hydrogens is 150 g/mol. The molecule has 0 fully saturated rings. The summed E-state index contributed by atoms with van der Waals surface area (Å²) in [7, 11) is 0. The summed E-state index contributed by atoms with van der Waals surface area (Å²) in [6.45, 7) is 4.13. The van der Waals surface area contributed by atoms with Crippen LogP contribution in [0.25, 0.3) is 0 Å². The molecule has 0 aliphatic carbocycles. The summed E-state index contributed by atoms with van der Waals surface area (Å²) in [5.74, 6) is 0.676. The molecular formula is C10H15NO. The number of phenolic OH excluding ortho intramolecular Hbond substituents is 1. The highest BCUT2D eigenvalue weighted by atomic mass is 16.3. The lowest BCUT2D eigenvalue weighted by molar-refractivity contribution is 0.468. The molecule has 0 heterocycles. The SMILES string of the molecule is CC(C)[C@@H](N)c1cccc(O)c1. The van der Waals surface area contributed by atoms with Gasteiger partial charge >= 0.3 is 0 Å². The van der Waals surface area contributed by atoms with Crippen LogP contribution in [0.2, 0.25) is 0 Å². The summed E-state index contributed by atoms with van der Waals surface area (Å²) in [5, 5.41) is 9.19. The van der Waals surface area contributed by atoms with Gasteiger partial charge in [-0.3, -0.25) is 0 Å². The molecule has 0 unspecified atom stereocenters. The molecule has 1 atom stereocenters. The fourth-order valence-corrected chi connectivity index (χ4v) is 1.12. The van der Waals surface area contributed by atoms with Gasteiger partial charge < -0.3 is 10.8 Å². The average molecular weight is 165 g/mol. The summed E-state index contributed by atoms with van der Waals surface area (Å²) in [6.07, 6.45) is 0. The van der Waals surface area contributed by atoms with Gasteiger partial charge in [0, 0.05) is 6.04 Å². The van der Waals surface area contributed by atoms with Gasteiger partial charge in [0.25, 0.3) is 0 Å². The lowest BCUT2D eigenvalue weighted by Crippen LogP contribution is -2.16. The Kier molecular flexibility index (Phi) is 2.71. The Morgan fingerprint density at radius 2 is 2.00 bits per heavy atom. The predicted molar refractivity (Wildman–Crippen MR) is 49.9 cm³/mol. The minimum absolute atomic E-state index is 0.0112. The van der Waals surface area contributed by atoms with Crippen LogP contribution in [-0.2, 0) is 0 Å². The molecule has 0 saturated carbocycles. The maximum absolute atomic E-state index is 9.19. The van der Waals surface area contributed by atoms with Crippen LogP contribution >= 0.6 is 0 Å². The molecule has 2 nitrogen and oxygen atoms in total. The van der Waals surface area contributed by atoms with E-state index in [9.17, 15) is 5.11 Å². The van der Waals surface area contributed by atoms with E-state index in [1.807, 2.05) is 12.1 Å². The van der Waals surface area contributed by atoms with Crippen molar-refractivity contribution in [3.05, 3.63) is 29.8 Å². The van der Waals surface area contributed by atoms with Crippen LogP contribution in [0.5, 0.6) is 5.75 Å². The Labute approximate surface area is 73.0 Å². The highest BCUT2D eigenvalue weighted by molar-refractivity contribution is 5.29. The first-order valence-corrected chi connectivity index (χ1v) is 4.16. The molecule has 0 bridgehead atoms. The van der Waals surface area contributed by atoms with Gasteiger partial charge in [-0.25, -0.2) is 0 Å². The summed E-state index contributed by atoms with van der Waals surface area (Å²) < 4.78 is 0. The van der Waals surface area contributed by atoms with Gasteiger partial charge in [0.15, 0.2) is 0 Å². The monoisotopic (exact) mass is 165 g/mol. The van der Waals surface area contributed by atoms with Crippen molar-refractivity contribution in [1.29, 1.82) is 0 Å². The first kappa shape index (κ1) is 9.07. The topological polar surface area (TPSA) is 46.2 Å². The molecule has 1 rings (SSSR count). The molecule has 1 aromatic rings. The van der Waals surface area contributed by atoms with E-state index in [1.165, 1.54) is 0 Å². The van der Waals surface area contributed by atoms with Crippen molar-refractivity contribution < 1.29 is 5.11 Å². The third-order valence-corrected chi connectivity index (χ3v) is 1.97. The summed E-state index contributed by atoms with van der Waals surface area (Å²) in [5.41, 5.74) is 6.89. The zero-order valence-electron chi connectivity index (χ0n) is 7.49. The van der Waals surface area contributed by atoms with Gasteiger partial charge in [-0.05, 0) is 23.6 Å². The van der Waals surface area contributed by atoms with Crippen LogP contribution in [0.1, 0.15) is 25.5 Å². The van der Waals surface area contributed by atoms with Crippen molar-refractivity contribution in [2.45, 2.75) is 19.9 Å². The van der Waals surface area contributed by atoms with Crippen LogP contribution in [0, 0.1) is 5.92 Å². The molecule has 0 aliphatic heterocycles. The van der Waals surface area contributed by atoms with Crippen molar-refractivity contribution >= 4 is 0 Å². The van der Waals surface area contributed by atoms with E-state index >= 15 is 0 Å². The number of benzene rings is 1. The maximum atomic E-state index is 9.19. The third-order valence-electron chi connectivity index (χ3n) is 1.97. The van der Waals surface area contributed by atoms with E-state index in [0.717, 1.165) is 5.56 Å². The van der Waals surface area contributed by atoms with E-state index in [-0.39, 0.29) is 11.8 Å².